The summed E-state index contributed by atoms with van der Waals surface area (Å²) in [7, 11) is 1.44. The highest BCUT2D eigenvalue weighted by atomic mass is 19.1. The smallest absolute Gasteiger partial charge is 0.165 e. The van der Waals surface area contributed by atoms with Crippen molar-refractivity contribution < 1.29 is 13.5 Å². The molecule has 0 radical (unpaired) electrons. The first-order valence-corrected chi connectivity index (χ1v) is 5.76. The van der Waals surface area contributed by atoms with E-state index in [-0.39, 0.29) is 17.4 Å². The lowest BCUT2D eigenvalue weighted by Gasteiger charge is -2.05. The summed E-state index contributed by atoms with van der Waals surface area (Å²) in [6.45, 7) is 0. The molecule has 0 heterocycles. The van der Waals surface area contributed by atoms with Gasteiger partial charge in [0.25, 0.3) is 0 Å². The number of aryl methyl sites for hydroxylation is 2. The molecular weight excluding hydrogens is 234 g/mol. The Bertz CT molecular complexity index is 538. The highest BCUT2D eigenvalue weighted by molar-refractivity contribution is 5.30. The molecule has 0 aromatic heterocycles. The fourth-order valence-electron chi connectivity index (χ4n) is 1.85. The van der Waals surface area contributed by atoms with Crippen LogP contribution in [0.3, 0.4) is 0 Å². The third-order valence-electron chi connectivity index (χ3n) is 2.81. The molecule has 0 atom stereocenters. The SMILES string of the molecule is COc1ccc(CCc2cccc(F)c2)cc1F. The third kappa shape index (κ3) is 3.06. The normalized spacial score (nSPS) is 10.4. The predicted molar refractivity (Wildman–Crippen MR) is 66.8 cm³/mol. The molecular formula is C15H14F2O. The number of methoxy groups -OCH3 is 1. The van der Waals surface area contributed by atoms with E-state index in [0.717, 1.165) is 11.1 Å². The maximum Gasteiger partial charge on any atom is 0.165 e. The van der Waals surface area contributed by atoms with E-state index in [4.69, 9.17) is 4.74 Å². The molecule has 0 N–H and O–H groups in total. The monoisotopic (exact) mass is 248 g/mol. The average Bonchev–Trinajstić information content (AvgIpc) is 2.37. The molecule has 0 aliphatic heterocycles. The van der Waals surface area contributed by atoms with Crippen LogP contribution < -0.4 is 4.74 Å². The Labute approximate surface area is 105 Å². The molecule has 3 heteroatoms. The number of benzene rings is 2. The third-order valence-corrected chi connectivity index (χ3v) is 2.81. The second-order valence-electron chi connectivity index (χ2n) is 4.10. The maximum atomic E-state index is 13.5. The van der Waals surface area contributed by atoms with Crippen molar-refractivity contribution in [2.75, 3.05) is 7.11 Å². The molecule has 1 nitrogen and oxygen atoms in total. The summed E-state index contributed by atoms with van der Waals surface area (Å²) < 4.78 is 31.3. The number of hydrogen-bond donors (Lipinski definition) is 0. The van der Waals surface area contributed by atoms with Crippen LogP contribution in [0.2, 0.25) is 0 Å². The van der Waals surface area contributed by atoms with Crippen LogP contribution in [0.5, 0.6) is 5.75 Å². The van der Waals surface area contributed by atoms with Crippen LogP contribution in [-0.2, 0) is 12.8 Å². The molecule has 2 aromatic carbocycles. The van der Waals surface area contributed by atoms with Crippen LogP contribution in [0.15, 0.2) is 42.5 Å². The van der Waals surface area contributed by atoms with Crippen molar-refractivity contribution in [3.63, 3.8) is 0 Å². The number of rotatable bonds is 4. The number of ether oxygens (including phenoxy) is 1. The molecule has 2 aromatic rings. The summed E-state index contributed by atoms with van der Waals surface area (Å²) >= 11 is 0. The van der Waals surface area contributed by atoms with Crippen molar-refractivity contribution in [3.05, 3.63) is 65.2 Å². The van der Waals surface area contributed by atoms with Crippen LogP contribution in [0, 0.1) is 11.6 Å². The van der Waals surface area contributed by atoms with Gasteiger partial charge in [0.2, 0.25) is 0 Å². The fraction of sp³-hybridized carbons (Fsp3) is 0.200. The van der Waals surface area contributed by atoms with E-state index in [1.165, 1.54) is 25.3 Å². The number of halogens is 2. The summed E-state index contributed by atoms with van der Waals surface area (Å²) in [5.74, 6) is -0.368. The quantitative estimate of drug-likeness (QED) is 0.800. The van der Waals surface area contributed by atoms with E-state index >= 15 is 0 Å². The molecule has 0 saturated heterocycles. The Hall–Kier alpha value is -1.90. The summed E-state index contributed by atoms with van der Waals surface area (Å²) in [5.41, 5.74) is 1.78. The lowest BCUT2D eigenvalue weighted by Crippen LogP contribution is -1.94. The van der Waals surface area contributed by atoms with Crippen molar-refractivity contribution in [1.29, 1.82) is 0 Å². The molecule has 0 bridgehead atoms. The van der Waals surface area contributed by atoms with Gasteiger partial charge in [0.05, 0.1) is 7.11 Å². The van der Waals surface area contributed by atoms with Crippen LogP contribution in [0.4, 0.5) is 8.78 Å². The van der Waals surface area contributed by atoms with Gasteiger partial charge in [-0.05, 0) is 48.2 Å². The summed E-state index contributed by atoms with van der Waals surface area (Å²) in [4.78, 5) is 0. The van der Waals surface area contributed by atoms with Gasteiger partial charge in [0.15, 0.2) is 11.6 Å². The second kappa shape index (κ2) is 5.63. The van der Waals surface area contributed by atoms with Crippen molar-refractivity contribution in [2.24, 2.45) is 0 Å². The van der Waals surface area contributed by atoms with Gasteiger partial charge in [-0.15, -0.1) is 0 Å². The van der Waals surface area contributed by atoms with Crippen LogP contribution in [0.1, 0.15) is 11.1 Å². The molecule has 0 spiro atoms. The van der Waals surface area contributed by atoms with Gasteiger partial charge in [0, 0.05) is 0 Å². The van der Waals surface area contributed by atoms with Crippen LogP contribution in [0.25, 0.3) is 0 Å². The van der Waals surface area contributed by atoms with Crippen molar-refractivity contribution in [1.82, 2.24) is 0 Å². The van der Waals surface area contributed by atoms with Gasteiger partial charge in [-0.2, -0.15) is 0 Å². The first kappa shape index (κ1) is 12.6. The maximum absolute atomic E-state index is 13.5. The molecule has 0 fully saturated rings. The lowest BCUT2D eigenvalue weighted by atomic mass is 10.0. The standard InChI is InChI=1S/C15H14F2O/c1-18-15-8-7-12(10-14(15)17)6-5-11-3-2-4-13(16)9-11/h2-4,7-10H,5-6H2,1H3. The molecule has 0 amide bonds. The van der Waals surface area contributed by atoms with E-state index in [0.29, 0.717) is 12.8 Å². The van der Waals surface area contributed by atoms with E-state index in [9.17, 15) is 8.78 Å². The lowest BCUT2D eigenvalue weighted by molar-refractivity contribution is 0.386. The predicted octanol–water partition coefficient (Wildman–Crippen LogP) is 3.76. The van der Waals surface area contributed by atoms with Crippen molar-refractivity contribution in [3.8, 4) is 5.75 Å². The summed E-state index contributed by atoms with van der Waals surface area (Å²) in [6, 6.07) is 11.3. The van der Waals surface area contributed by atoms with Gasteiger partial charge in [-0.3, -0.25) is 0 Å². The average molecular weight is 248 g/mol. The van der Waals surface area contributed by atoms with Gasteiger partial charge >= 0.3 is 0 Å². The zero-order valence-electron chi connectivity index (χ0n) is 10.1. The Kier molecular flexibility index (Phi) is 3.92. The fourth-order valence-corrected chi connectivity index (χ4v) is 1.85. The Morgan fingerprint density at radius 2 is 1.67 bits per heavy atom. The van der Waals surface area contributed by atoms with Gasteiger partial charge in [-0.1, -0.05) is 18.2 Å². The van der Waals surface area contributed by atoms with Gasteiger partial charge in [0.1, 0.15) is 5.82 Å². The Morgan fingerprint density at radius 3 is 2.28 bits per heavy atom. The van der Waals surface area contributed by atoms with Crippen molar-refractivity contribution in [2.45, 2.75) is 12.8 Å². The van der Waals surface area contributed by atoms with Crippen LogP contribution in [-0.4, -0.2) is 7.11 Å². The van der Waals surface area contributed by atoms with Crippen molar-refractivity contribution >= 4 is 0 Å². The van der Waals surface area contributed by atoms with Crippen LogP contribution >= 0.6 is 0 Å². The largest absolute Gasteiger partial charge is 0.494 e. The Morgan fingerprint density at radius 1 is 0.944 bits per heavy atom. The van der Waals surface area contributed by atoms with E-state index in [2.05, 4.69) is 0 Å². The zero-order chi connectivity index (χ0) is 13.0. The molecule has 0 unspecified atom stereocenters. The molecule has 2 rings (SSSR count). The number of hydrogen-bond acceptors (Lipinski definition) is 1. The molecule has 18 heavy (non-hydrogen) atoms. The molecule has 0 aliphatic carbocycles. The minimum atomic E-state index is -0.366. The highest BCUT2D eigenvalue weighted by Gasteiger charge is 2.04. The van der Waals surface area contributed by atoms with E-state index in [1.54, 1.807) is 12.1 Å². The minimum Gasteiger partial charge on any atom is -0.494 e. The zero-order valence-corrected chi connectivity index (χ0v) is 10.1. The van der Waals surface area contributed by atoms with E-state index < -0.39 is 0 Å². The Balaban J connectivity index is 2.04. The highest BCUT2D eigenvalue weighted by Crippen LogP contribution is 2.18. The van der Waals surface area contributed by atoms with E-state index in [1.807, 2.05) is 12.1 Å². The topological polar surface area (TPSA) is 9.23 Å². The van der Waals surface area contributed by atoms with Gasteiger partial charge in [-0.25, -0.2) is 8.78 Å². The first-order chi connectivity index (χ1) is 8.69. The second-order valence-corrected chi connectivity index (χ2v) is 4.10. The minimum absolute atomic E-state index is 0.240. The first-order valence-electron chi connectivity index (χ1n) is 5.76. The molecule has 0 aliphatic rings. The summed E-state index contributed by atoms with van der Waals surface area (Å²) in [6.07, 6.45) is 1.36. The molecule has 94 valence electrons. The summed E-state index contributed by atoms with van der Waals surface area (Å²) in [5, 5.41) is 0. The molecule has 0 saturated carbocycles. The van der Waals surface area contributed by atoms with Gasteiger partial charge < -0.3 is 4.74 Å².